The van der Waals surface area contributed by atoms with E-state index >= 15 is 0 Å². The van der Waals surface area contributed by atoms with Crippen molar-refractivity contribution < 1.29 is 9.47 Å². The molecule has 2 rings (SSSR count). The number of hydrogen-bond donors (Lipinski definition) is 1. The quantitative estimate of drug-likeness (QED) is 0.860. The molecule has 0 bridgehead atoms. The van der Waals surface area contributed by atoms with E-state index in [9.17, 15) is 0 Å². The van der Waals surface area contributed by atoms with Crippen LogP contribution in [0.2, 0.25) is 0 Å². The normalized spacial score (nSPS) is 17.9. The fourth-order valence-electron chi connectivity index (χ4n) is 2.36. The minimum atomic E-state index is 0.232. The molecule has 112 valence electrons. The highest BCUT2D eigenvalue weighted by atomic mass is 79.9. The average Bonchev–Trinajstić information content (AvgIpc) is 2.47. The molecular formula is C16H24BrNO2. The van der Waals surface area contributed by atoms with Crippen molar-refractivity contribution in [2.24, 2.45) is 11.7 Å². The van der Waals surface area contributed by atoms with Gasteiger partial charge in [-0.1, -0.05) is 13.0 Å². The minimum Gasteiger partial charge on any atom is -0.492 e. The third kappa shape index (κ3) is 4.76. The second kappa shape index (κ2) is 8.01. The van der Waals surface area contributed by atoms with E-state index in [1.54, 1.807) is 0 Å². The zero-order valence-corrected chi connectivity index (χ0v) is 13.7. The van der Waals surface area contributed by atoms with Gasteiger partial charge in [0.15, 0.2) is 0 Å². The molecule has 1 saturated heterocycles. The molecule has 1 heterocycles. The molecule has 0 aliphatic carbocycles. The first-order valence-corrected chi connectivity index (χ1v) is 8.23. The summed E-state index contributed by atoms with van der Waals surface area (Å²) in [6.07, 6.45) is 4.11. The molecule has 1 atom stereocenters. The molecule has 1 aromatic rings. The van der Waals surface area contributed by atoms with Gasteiger partial charge in [-0.15, -0.1) is 0 Å². The Bertz CT molecular complexity index is 419. The molecule has 0 aromatic heterocycles. The summed E-state index contributed by atoms with van der Waals surface area (Å²) in [5.41, 5.74) is 7.25. The van der Waals surface area contributed by atoms with E-state index < -0.39 is 0 Å². The molecular weight excluding hydrogens is 318 g/mol. The van der Waals surface area contributed by atoms with Crippen molar-refractivity contribution in [1.29, 1.82) is 0 Å². The third-order valence-electron chi connectivity index (χ3n) is 3.83. The van der Waals surface area contributed by atoms with Crippen molar-refractivity contribution in [3.63, 3.8) is 0 Å². The number of ether oxygens (including phenoxy) is 2. The lowest BCUT2D eigenvalue weighted by atomic mass is 10.0. The first-order valence-electron chi connectivity index (χ1n) is 7.43. The molecule has 2 N–H and O–H groups in total. The predicted octanol–water partition coefficient (Wildman–Crippen LogP) is 3.53. The third-order valence-corrected chi connectivity index (χ3v) is 4.45. The lowest BCUT2D eigenvalue weighted by Crippen LogP contribution is -2.22. The molecule has 1 aliphatic rings. The maximum atomic E-state index is 5.99. The van der Waals surface area contributed by atoms with E-state index in [4.69, 9.17) is 15.2 Å². The highest BCUT2D eigenvalue weighted by Gasteiger charge is 2.15. The van der Waals surface area contributed by atoms with Gasteiger partial charge >= 0.3 is 0 Å². The summed E-state index contributed by atoms with van der Waals surface area (Å²) >= 11 is 3.59. The van der Waals surface area contributed by atoms with Crippen LogP contribution in [0.1, 0.15) is 31.7 Å². The number of nitrogens with two attached hydrogens (primary N) is 1. The fourth-order valence-corrected chi connectivity index (χ4v) is 2.90. The van der Waals surface area contributed by atoms with Gasteiger partial charge in [0.05, 0.1) is 11.1 Å². The van der Waals surface area contributed by atoms with Crippen molar-refractivity contribution in [2.45, 2.75) is 38.6 Å². The maximum absolute atomic E-state index is 5.99. The standard InChI is InChI=1S/C16H24BrNO2/c1-2-14(18)9-13-3-4-16(15(17)10-13)20-11-12-5-7-19-8-6-12/h3-4,10,12,14H,2,5-9,11,18H2,1H3. The molecule has 1 fully saturated rings. The van der Waals surface area contributed by atoms with Gasteiger partial charge in [0.1, 0.15) is 5.75 Å². The van der Waals surface area contributed by atoms with E-state index in [1.807, 2.05) is 6.07 Å². The Morgan fingerprint density at radius 2 is 2.15 bits per heavy atom. The van der Waals surface area contributed by atoms with Crippen LogP contribution in [0.3, 0.4) is 0 Å². The summed E-state index contributed by atoms with van der Waals surface area (Å²) in [5, 5.41) is 0. The van der Waals surface area contributed by atoms with Gasteiger partial charge in [-0.05, 0) is 65.2 Å². The molecule has 20 heavy (non-hydrogen) atoms. The van der Waals surface area contributed by atoms with Crippen LogP contribution in [0.15, 0.2) is 22.7 Å². The Hall–Kier alpha value is -0.580. The summed E-state index contributed by atoms with van der Waals surface area (Å²) < 4.78 is 12.3. The van der Waals surface area contributed by atoms with Crippen LogP contribution in [0, 0.1) is 5.92 Å². The highest BCUT2D eigenvalue weighted by Crippen LogP contribution is 2.28. The van der Waals surface area contributed by atoms with E-state index in [0.717, 1.165) is 55.7 Å². The fraction of sp³-hybridized carbons (Fsp3) is 0.625. The van der Waals surface area contributed by atoms with E-state index in [2.05, 4.69) is 35.0 Å². The Morgan fingerprint density at radius 1 is 1.40 bits per heavy atom. The molecule has 1 aliphatic heterocycles. The van der Waals surface area contributed by atoms with Crippen LogP contribution in [0.5, 0.6) is 5.75 Å². The van der Waals surface area contributed by atoms with Crippen LogP contribution in [-0.4, -0.2) is 25.9 Å². The average molecular weight is 342 g/mol. The van der Waals surface area contributed by atoms with E-state index in [1.165, 1.54) is 5.56 Å². The van der Waals surface area contributed by atoms with Crippen LogP contribution in [-0.2, 0) is 11.2 Å². The molecule has 1 aromatic carbocycles. The topological polar surface area (TPSA) is 44.5 Å². The van der Waals surface area contributed by atoms with Gasteiger partial charge in [-0.3, -0.25) is 0 Å². The molecule has 3 nitrogen and oxygen atoms in total. The van der Waals surface area contributed by atoms with Crippen LogP contribution in [0.25, 0.3) is 0 Å². The Kier molecular flexibility index (Phi) is 6.33. The van der Waals surface area contributed by atoms with Crippen molar-refractivity contribution in [2.75, 3.05) is 19.8 Å². The molecule has 4 heteroatoms. The van der Waals surface area contributed by atoms with E-state index in [-0.39, 0.29) is 6.04 Å². The first kappa shape index (κ1) is 15.8. The molecule has 1 unspecified atom stereocenters. The molecule has 0 amide bonds. The van der Waals surface area contributed by atoms with Gasteiger partial charge in [-0.2, -0.15) is 0 Å². The lowest BCUT2D eigenvalue weighted by Gasteiger charge is -2.22. The summed E-state index contributed by atoms with van der Waals surface area (Å²) in [6, 6.07) is 6.51. The van der Waals surface area contributed by atoms with Gasteiger partial charge in [0, 0.05) is 19.3 Å². The first-order chi connectivity index (χ1) is 9.69. The van der Waals surface area contributed by atoms with E-state index in [0.29, 0.717) is 5.92 Å². The predicted molar refractivity (Wildman–Crippen MR) is 85.2 cm³/mol. The smallest absolute Gasteiger partial charge is 0.133 e. The largest absolute Gasteiger partial charge is 0.492 e. The summed E-state index contributed by atoms with van der Waals surface area (Å²) in [4.78, 5) is 0. The molecule has 0 spiro atoms. The Morgan fingerprint density at radius 3 is 2.80 bits per heavy atom. The summed E-state index contributed by atoms with van der Waals surface area (Å²) in [5.74, 6) is 1.54. The van der Waals surface area contributed by atoms with Gasteiger partial charge in [0.25, 0.3) is 0 Å². The van der Waals surface area contributed by atoms with Crippen LogP contribution >= 0.6 is 15.9 Å². The second-order valence-electron chi connectivity index (χ2n) is 5.50. The number of rotatable bonds is 6. The number of benzene rings is 1. The van der Waals surface area contributed by atoms with Gasteiger partial charge < -0.3 is 15.2 Å². The number of hydrogen-bond acceptors (Lipinski definition) is 3. The van der Waals surface area contributed by atoms with Crippen LogP contribution < -0.4 is 10.5 Å². The zero-order valence-electron chi connectivity index (χ0n) is 12.1. The lowest BCUT2D eigenvalue weighted by molar-refractivity contribution is 0.0496. The monoisotopic (exact) mass is 341 g/mol. The van der Waals surface area contributed by atoms with Crippen LogP contribution in [0.4, 0.5) is 0 Å². The van der Waals surface area contributed by atoms with Crippen molar-refractivity contribution in [1.82, 2.24) is 0 Å². The zero-order chi connectivity index (χ0) is 14.4. The Labute approximate surface area is 130 Å². The summed E-state index contributed by atoms with van der Waals surface area (Å²) in [7, 11) is 0. The molecule has 0 radical (unpaired) electrons. The van der Waals surface area contributed by atoms with Crippen molar-refractivity contribution in [3.05, 3.63) is 28.2 Å². The minimum absolute atomic E-state index is 0.232. The second-order valence-corrected chi connectivity index (χ2v) is 6.36. The SMILES string of the molecule is CCC(N)Cc1ccc(OCC2CCOCC2)c(Br)c1. The van der Waals surface area contributed by atoms with Gasteiger partial charge in [-0.25, -0.2) is 0 Å². The maximum Gasteiger partial charge on any atom is 0.133 e. The van der Waals surface area contributed by atoms with Crippen molar-refractivity contribution >= 4 is 15.9 Å². The van der Waals surface area contributed by atoms with Gasteiger partial charge in [0.2, 0.25) is 0 Å². The highest BCUT2D eigenvalue weighted by molar-refractivity contribution is 9.10. The summed E-state index contributed by atoms with van der Waals surface area (Å²) in [6.45, 7) is 4.62. The molecule has 0 saturated carbocycles. The Balaban J connectivity index is 1.88. The van der Waals surface area contributed by atoms with Crippen molar-refractivity contribution in [3.8, 4) is 5.75 Å². The number of halogens is 1.